The molecule has 9 nitrogen and oxygen atoms in total. The third-order valence-electron chi connectivity index (χ3n) is 4.53. The molecule has 1 aromatic rings. The van der Waals surface area contributed by atoms with E-state index in [2.05, 4.69) is 5.32 Å². The monoisotopic (exact) mass is 395 g/mol. The lowest BCUT2D eigenvalue weighted by atomic mass is 10.1. The number of carbonyl (C=O) groups is 3. The van der Waals surface area contributed by atoms with Crippen LogP contribution in [-0.2, 0) is 19.6 Å². The summed E-state index contributed by atoms with van der Waals surface area (Å²) in [5, 5.41) is 2.47. The minimum Gasteiger partial charge on any atom is -0.378 e. The average molecular weight is 395 g/mol. The smallest absolute Gasteiger partial charge is 0.262 e. The van der Waals surface area contributed by atoms with E-state index in [1.165, 1.54) is 16.4 Å². The van der Waals surface area contributed by atoms with Gasteiger partial charge in [0.2, 0.25) is 15.9 Å². The van der Waals surface area contributed by atoms with Crippen molar-refractivity contribution in [1.29, 1.82) is 0 Å². The van der Waals surface area contributed by atoms with Crippen LogP contribution in [0, 0.1) is 0 Å². The van der Waals surface area contributed by atoms with E-state index in [9.17, 15) is 22.8 Å². The van der Waals surface area contributed by atoms with Crippen LogP contribution in [0.4, 0.5) is 0 Å². The molecule has 1 N–H and O–H groups in total. The second kappa shape index (κ2) is 7.75. The number of amides is 3. The van der Waals surface area contributed by atoms with E-state index >= 15 is 0 Å². The van der Waals surface area contributed by atoms with Crippen LogP contribution in [0.1, 0.15) is 27.6 Å². The van der Waals surface area contributed by atoms with Crippen molar-refractivity contribution in [3.05, 3.63) is 35.4 Å². The Morgan fingerprint density at radius 3 is 2.44 bits per heavy atom. The Labute approximate surface area is 157 Å². The Balaban J connectivity index is 1.52. The molecule has 0 saturated carbocycles. The molecule has 10 heteroatoms. The number of fused-ring (bicyclic) bond motifs is 1. The number of sulfonamides is 1. The summed E-state index contributed by atoms with van der Waals surface area (Å²) in [6, 6.07) is 6.10. The summed E-state index contributed by atoms with van der Waals surface area (Å²) in [6.45, 7) is 2.18. The van der Waals surface area contributed by atoms with E-state index in [-0.39, 0.29) is 36.0 Å². The zero-order valence-corrected chi connectivity index (χ0v) is 15.7. The fraction of sp³-hybridized carbons (Fsp3) is 0.471. The summed E-state index contributed by atoms with van der Waals surface area (Å²) in [6.07, 6.45) is 0. The lowest BCUT2D eigenvalue weighted by Crippen LogP contribution is -2.49. The highest BCUT2D eigenvalue weighted by Crippen LogP contribution is 2.21. The SMILES string of the molecule is CC1COCCN1S(=O)(=O)CCNC(=O)CN1C(=O)c2ccccc2C1=O. The summed E-state index contributed by atoms with van der Waals surface area (Å²) in [7, 11) is -3.53. The molecular weight excluding hydrogens is 374 g/mol. The van der Waals surface area contributed by atoms with Gasteiger partial charge in [0.15, 0.2) is 0 Å². The van der Waals surface area contributed by atoms with Gasteiger partial charge in [-0.15, -0.1) is 0 Å². The van der Waals surface area contributed by atoms with E-state index in [0.29, 0.717) is 13.2 Å². The highest BCUT2D eigenvalue weighted by Gasteiger charge is 2.36. The summed E-state index contributed by atoms with van der Waals surface area (Å²) >= 11 is 0. The fourth-order valence-corrected chi connectivity index (χ4v) is 4.70. The lowest BCUT2D eigenvalue weighted by Gasteiger charge is -2.32. The molecule has 3 amide bonds. The topological polar surface area (TPSA) is 113 Å². The lowest BCUT2D eigenvalue weighted by molar-refractivity contribution is -0.121. The molecule has 0 bridgehead atoms. The molecule has 1 saturated heterocycles. The van der Waals surface area contributed by atoms with E-state index < -0.39 is 34.3 Å². The Morgan fingerprint density at radius 2 is 1.85 bits per heavy atom. The number of imide groups is 1. The maximum absolute atomic E-state index is 12.4. The molecule has 146 valence electrons. The predicted octanol–water partition coefficient (Wildman–Crippen LogP) is -0.551. The molecule has 3 rings (SSSR count). The zero-order valence-electron chi connectivity index (χ0n) is 14.9. The molecule has 1 fully saturated rings. The van der Waals surface area contributed by atoms with E-state index in [1.807, 2.05) is 0 Å². The average Bonchev–Trinajstić information content (AvgIpc) is 2.87. The molecular formula is C17H21N3O6S. The number of hydrogen-bond acceptors (Lipinski definition) is 6. The fourth-order valence-electron chi connectivity index (χ4n) is 3.14. The third-order valence-corrected chi connectivity index (χ3v) is 6.50. The minimum atomic E-state index is -3.53. The van der Waals surface area contributed by atoms with Gasteiger partial charge in [-0.1, -0.05) is 12.1 Å². The van der Waals surface area contributed by atoms with Gasteiger partial charge in [-0.05, 0) is 19.1 Å². The summed E-state index contributed by atoms with van der Waals surface area (Å²) in [4.78, 5) is 37.4. The first kappa shape index (κ1) is 19.5. The maximum Gasteiger partial charge on any atom is 0.262 e. The molecule has 27 heavy (non-hydrogen) atoms. The van der Waals surface area contributed by atoms with Crippen molar-refractivity contribution in [2.75, 3.05) is 38.6 Å². The molecule has 1 atom stereocenters. The van der Waals surface area contributed by atoms with Crippen LogP contribution in [0.2, 0.25) is 0 Å². The Hall–Kier alpha value is -2.30. The van der Waals surface area contributed by atoms with Crippen molar-refractivity contribution in [3.8, 4) is 0 Å². The standard InChI is InChI=1S/C17H21N3O6S/c1-12-11-26-8-7-20(12)27(24,25)9-6-18-15(21)10-19-16(22)13-4-2-3-5-14(13)17(19)23/h2-5,12H,6-11H2,1H3,(H,18,21). The van der Waals surface area contributed by atoms with Gasteiger partial charge in [-0.2, -0.15) is 4.31 Å². The van der Waals surface area contributed by atoms with Crippen molar-refractivity contribution in [3.63, 3.8) is 0 Å². The van der Waals surface area contributed by atoms with E-state index in [4.69, 9.17) is 4.74 Å². The molecule has 0 aromatic heterocycles. The first-order valence-electron chi connectivity index (χ1n) is 8.60. The Kier molecular flexibility index (Phi) is 5.59. The zero-order chi connectivity index (χ0) is 19.6. The summed E-state index contributed by atoms with van der Waals surface area (Å²) in [5.74, 6) is -1.90. The number of rotatable bonds is 6. The number of carbonyl (C=O) groups excluding carboxylic acids is 3. The highest BCUT2D eigenvalue weighted by atomic mass is 32.2. The largest absolute Gasteiger partial charge is 0.378 e. The van der Waals surface area contributed by atoms with Crippen molar-refractivity contribution in [2.45, 2.75) is 13.0 Å². The summed E-state index contributed by atoms with van der Waals surface area (Å²) < 4.78 is 31.3. The van der Waals surface area contributed by atoms with Gasteiger partial charge in [0.1, 0.15) is 6.54 Å². The summed E-state index contributed by atoms with van der Waals surface area (Å²) in [5.41, 5.74) is 0.526. The quantitative estimate of drug-likeness (QED) is 0.647. The van der Waals surface area contributed by atoms with Crippen LogP contribution in [0.15, 0.2) is 24.3 Å². The highest BCUT2D eigenvalue weighted by molar-refractivity contribution is 7.89. The van der Waals surface area contributed by atoms with Crippen LogP contribution < -0.4 is 5.32 Å². The van der Waals surface area contributed by atoms with Crippen molar-refractivity contribution in [2.24, 2.45) is 0 Å². The van der Waals surface area contributed by atoms with Crippen LogP contribution in [-0.4, -0.2) is 80.0 Å². The molecule has 0 radical (unpaired) electrons. The van der Waals surface area contributed by atoms with Gasteiger partial charge >= 0.3 is 0 Å². The first-order chi connectivity index (χ1) is 12.8. The molecule has 0 aliphatic carbocycles. The van der Waals surface area contributed by atoms with Crippen LogP contribution in [0.5, 0.6) is 0 Å². The van der Waals surface area contributed by atoms with Gasteiger partial charge in [-0.25, -0.2) is 8.42 Å². The van der Waals surface area contributed by atoms with Crippen LogP contribution in [0.3, 0.4) is 0 Å². The maximum atomic E-state index is 12.4. The minimum absolute atomic E-state index is 0.103. The number of hydrogen-bond donors (Lipinski definition) is 1. The predicted molar refractivity (Wildman–Crippen MR) is 95.6 cm³/mol. The van der Waals surface area contributed by atoms with Gasteiger partial charge in [0, 0.05) is 19.1 Å². The number of ether oxygens (including phenoxy) is 1. The van der Waals surface area contributed by atoms with Gasteiger partial charge in [0.25, 0.3) is 11.8 Å². The van der Waals surface area contributed by atoms with E-state index in [0.717, 1.165) is 4.90 Å². The molecule has 1 unspecified atom stereocenters. The molecule has 2 aliphatic rings. The normalized spacial score (nSPS) is 20.6. The second-order valence-corrected chi connectivity index (χ2v) is 8.48. The first-order valence-corrected chi connectivity index (χ1v) is 10.2. The van der Waals surface area contributed by atoms with Gasteiger partial charge in [0.05, 0.1) is 30.1 Å². The van der Waals surface area contributed by atoms with Crippen molar-refractivity contribution in [1.82, 2.24) is 14.5 Å². The number of nitrogens with one attached hydrogen (secondary N) is 1. The molecule has 2 aliphatic heterocycles. The number of morpholine rings is 1. The van der Waals surface area contributed by atoms with Crippen LogP contribution >= 0.6 is 0 Å². The second-order valence-electron chi connectivity index (χ2n) is 6.44. The molecule has 2 heterocycles. The van der Waals surface area contributed by atoms with Crippen molar-refractivity contribution < 1.29 is 27.5 Å². The third kappa shape index (κ3) is 4.02. The Morgan fingerprint density at radius 1 is 1.22 bits per heavy atom. The van der Waals surface area contributed by atoms with Gasteiger partial charge in [-0.3, -0.25) is 19.3 Å². The molecule has 1 aromatic carbocycles. The molecule has 0 spiro atoms. The van der Waals surface area contributed by atoms with Crippen LogP contribution in [0.25, 0.3) is 0 Å². The van der Waals surface area contributed by atoms with Gasteiger partial charge < -0.3 is 10.1 Å². The number of nitrogens with zero attached hydrogens (tertiary/aromatic N) is 2. The van der Waals surface area contributed by atoms with E-state index in [1.54, 1.807) is 19.1 Å². The Bertz CT molecular complexity index is 834. The van der Waals surface area contributed by atoms with Crippen molar-refractivity contribution >= 4 is 27.7 Å². The number of benzene rings is 1.